The van der Waals surface area contributed by atoms with Gasteiger partial charge in [0, 0.05) is 10.1 Å². The summed E-state index contributed by atoms with van der Waals surface area (Å²) in [5.41, 5.74) is 2.92. The Morgan fingerprint density at radius 1 is 0.909 bits per heavy atom. The summed E-state index contributed by atoms with van der Waals surface area (Å²) < 4.78 is 0. The second kappa shape index (κ2) is 4.27. The minimum atomic E-state index is 0.584. The van der Waals surface area contributed by atoms with Crippen molar-refractivity contribution in [1.29, 1.82) is 0 Å². The van der Waals surface area contributed by atoms with Gasteiger partial charge in [0.1, 0.15) is 0 Å². The molecule has 0 N–H and O–H groups in total. The van der Waals surface area contributed by atoms with Crippen LogP contribution >= 0.6 is 11.8 Å². The van der Waals surface area contributed by atoms with Crippen LogP contribution in [0.1, 0.15) is 19.4 Å². The van der Waals surface area contributed by atoms with Crippen LogP contribution in [-0.2, 0) is 0 Å². The van der Waals surface area contributed by atoms with Gasteiger partial charge in [-0.1, -0.05) is 48.0 Å². The van der Waals surface area contributed by atoms with Crippen molar-refractivity contribution < 1.29 is 0 Å². The molecule has 106 valence electrons. The summed E-state index contributed by atoms with van der Waals surface area (Å²) in [6.07, 6.45) is 2.37. The van der Waals surface area contributed by atoms with Gasteiger partial charge in [-0.2, -0.15) is 0 Å². The van der Waals surface area contributed by atoms with Gasteiger partial charge in [-0.05, 0) is 63.2 Å². The maximum absolute atomic E-state index is 2.37. The van der Waals surface area contributed by atoms with E-state index in [-0.39, 0.29) is 0 Å². The average molecular weight is 300 g/mol. The predicted molar refractivity (Wildman–Crippen MR) is 95.3 cm³/mol. The summed E-state index contributed by atoms with van der Waals surface area (Å²) in [6.45, 7) is 4.61. The molecule has 1 unspecified atom stereocenters. The number of benzene rings is 3. The first kappa shape index (κ1) is 12.5. The highest BCUT2D eigenvalue weighted by Crippen LogP contribution is 2.34. The lowest BCUT2D eigenvalue weighted by Gasteiger charge is -2.05. The number of hydrogen-bond donors (Lipinski definition) is 0. The van der Waals surface area contributed by atoms with Crippen LogP contribution in [0.3, 0.4) is 0 Å². The van der Waals surface area contributed by atoms with E-state index in [1.807, 2.05) is 11.8 Å². The van der Waals surface area contributed by atoms with Crippen molar-refractivity contribution >= 4 is 34.2 Å². The van der Waals surface area contributed by atoms with Crippen molar-refractivity contribution in [2.75, 3.05) is 0 Å². The summed E-state index contributed by atoms with van der Waals surface area (Å²) in [6, 6.07) is 17.9. The summed E-state index contributed by atoms with van der Waals surface area (Å²) in [4.78, 5) is 1.44. The molecular formula is C21H16S. The molecule has 2 aliphatic rings. The molecule has 0 radical (unpaired) electrons. The SMILES string of the molecule is CC1=c2c(ccc3ccc4c(c23)C=c2ccccc2=4)SC1C. The molecule has 0 fully saturated rings. The maximum Gasteiger partial charge on any atom is 0.0282 e. The van der Waals surface area contributed by atoms with E-state index in [2.05, 4.69) is 68.5 Å². The standard InChI is InChI=1S/C21H16S/c1-12-13(2)22-19-10-8-14-7-9-17-16-6-4-3-5-15(16)11-18(17)21(14)20(12)19/h3-11,13H,1-2H3. The van der Waals surface area contributed by atoms with Crippen LogP contribution in [0.15, 0.2) is 53.4 Å². The van der Waals surface area contributed by atoms with Gasteiger partial charge in [-0.15, -0.1) is 11.8 Å². The first-order chi connectivity index (χ1) is 10.7. The molecule has 1 heterocycles. The van der Waals surface area contributed by atoms with Gasteiger partial charge in [-0.25, -0.2) is 0 Å². The fraction of sp³-hybridized carbons (Fsp3) is 0.143. The van der Waals surface area contributed by atoms with E-state index in [0.29, 0.717) is 5.25 Å². The third kappa shape index (κ3) is 1.50. The third-order valence-corrected chi connectivity index (χ3v) is 6.35. The molecule has 0 aromatic heterocycles. The lowest BCUT2D eigenvalue weighted by molar-refractivity contribution is 1.25. The third-order valence-electron chi connectivity index (χ3n) is 5.05. The van der Waals surface area contributed by atoms with Gasteiger partial charge in [0.05, 0.1) is 0 Å². The van der Waals surface area contributed by atoms with Gasteiger partial charge >= 0.3 is 0 Å². The van der Waals surface area contributed by atoms with Crippen molar-refractivity contribution in [2.45, 2.75) is 24.0 Å². The topological polar surface area (TPSA) is 0 Å². The van der Waals surface area contributed by atoms with Crippen LogP contribution in [0.5, 0.6) is 0 Å². The van der Waals surface area contributed by atoms with Crippen molar-refractivity contribution in [3.05, 3.63) is 75.0 Å². The summed E-state index contributed by atoms with van der Waals surface area (Å²) in [5.74, 6) is 0. The monoisotopic (exact) mass is 300 g/mol. The molecule has 3 aromatic rings. The van der Waals surface area contributed by atoms with Gasteiger partial charge in [-0.3, -0.25) is 0 Å². The summed E-state index contributed by atoms with van der Waals surface area (Å²) in [5, 5.41) is 8.97. The van der Waals surface area contributed by atoms with E-state index in [0.717, 1.165) is 0 Å². The molecule has 5 rings (SSSR count). The van der Waals surface area contributed by atoms with Crippen LogP contribution in [0.2, 0.25) is 0 Å². The Morgan fingerprint density at radius 2 is 1.73 bits per heavy atom. The number of thioether (sulfide) groups is 1. The van der Waals surface area contributed by atoms with E-state index in [1.165, 1.54) is 47.7 Å². The van der Waals surface area contributed by atoms with Gasteiger partial charge in [0.25, 0.3) is 0 Å². The Bertz CT molecular complexity index is 1170. The zero-order valence-electron chi connectivity index (χ0n) is 12.7. The average Bonchev–Trinajstić information content (AvgIpc) is 3.05. The first-order valence-corrected chi connectivity index (χ1v) is 8.66. The molecule has 0 bridgehead atoms. The van der Waals surface area contributed by atoms with E-state index in [4.69, 9.17) is 0 Å². The lowest BCUT2D eigenvalue weighted by Crippen LogP contribution is -2.08. The molecule has 1 heteroatoms. The molecule has 1 aliphatic carbocycles. The molecule has 1 atom stereocenters. The Labute approximate surface area is 133 Å². The van der Waals surface area contributed by atoms with Crippen LogP contribution in [0.4, 0.5) is 0 Å². The van der Waals surface area contributed by atoms with E-state index in [1.54, 1.807) is 0 Å². The van der Waals surface area contributed by atoms with E-state index in [9.17, 15) is 0 Å². The summed E-state index contributed by atoms with van der Waals surface area (Å²) in [7, 11) is 0. The normalized spacial score (nSPS) is 18.1. The maximum atomic E-state index is 2.37. The van der Waals surface area contributed by atoms with E-state index >= 15 is 0 Å². The molecule has 0 nitrogen and oxygen atoms in total. The Balaban J connectivity index is 2.11. The van der Waals surface area contributed by atoms with Crippen LogP contribution in [-0.4, -0.2) is 5.25 Å². The second-order valence-corrected chi connectivity index (χ2v) is 7.62. The molecule has 1 aliphatic heterocycles. The quantitative estimate of drug-likeness (QED) is 0.474. The first-order valence-electron chi connectivity index (χ1n) is 7.78. The van der Waals surface area contributed by atoms with Gasteiger partial charge < -0.3 is 0 Å². The Kier molecular flexibility index (Phi) is 2.43. The van der Waals surface area contributed by atoms with Crippen LogP contribution < -0.4 is 10.4 Å². The zero-order chi connectivity index (χ0) is 14.8. The second-order valence-electron chi connectivity index (χ2n) is 6.24. The largest absolute Gasteiger partial charge is 0.118 e. The van der Waals surface area contributed by atoms with Crippen LogP contribution in [0, 0.1) is 10.4 Å². The molecule has 0 saturated carbocycles. The zero-order valence-corrected chi connectivity index (χ0v) is 13.5. The van der Waals surface area contributed by atoms with Crippen molar-refractivity contribution in [2.24, 2.45) is 0 Å². The lowest BCUT2D eigenvalue weighted by atomic mass is 9.98. The fourth-order valence-corrected chi connectivity index (χ4v) is 5.01. The highest BCUT2D eigenvalue weighted by Gasteiger charge is 2.20. The molecule has 0 saturated heterocycles. The predicted octanol–water partition coefficient (Wildman–Crippen LogP) is 3.93. The summed E-state index contributed by atoms with van der Waals surface area (Å²) >= 11 is 1.99. The van der Waals surface area contributed by atoms with Crippen molar-refractivity contribution in [1.82, 2.24) is 0 Å². The van der Waals surface area contributed by atoms with Crippen molar-refractivity contribution in [3.8, 4) is 0 Å². The van der Waals surface area contributed by atoms with Crippen LogP contribution in [0.25, 0.3) is 22.4 Å². The molecular weight excluding hydrogens is 284 g/mol. The minimum Gasteiger partial charge on any atom is -0.118 e. The molecule has 0 spiro atoms. The number of hydrogen-bond acceptors (Lipinski definition) is 1. The van der Waals surface area contributed by atoms with Gasteiger partial charge in [0.2, 0.25) is 0 Å². The molecule has 0 amide bonds. The molecule has 22 heavy (non-hydrogen) atoms. The van der Waals surface area contributed by atoms with E-state index < -0.39 is 0 Å². The Morgan fingerprint density at radius 3 is 2.64 bits per heavy atom. The number of fused-ring (bicyclic) bond motifs is 6. The minimum absolute atomic E-state index is 0.584. The highest BCUT2D eigenvalue weighted by molar-refractivity contribution is 8.00. The molecule has 3 aromatic carbocycles. The van der Waals surface area contributed by atoms with Crippen molar-refractivity contribution in [3.63, 3.8) is 0 Å². The fourth-order valence-electron chi connectivity index (χ4n) is 3.81. The number of rotatable bonds is 0. The smallest absolute Gasteiger partial charge is 0.0282 e. The highest BCUT2D eigenvalue weighted by atomic mass is 32.2. The Hall–Kier alpha value is -1.99. The van der Waals surface area contributed by atoms with Gasteiger partial charge in [0.15, 0.2) is 0 Å².